The molecule has 0 aromatic heterocycles. The highest BCUT2D eigenvalue weighted by Gasteiger charge is 2.24. The second-order valence-electron chi connectivity index (χ2n) is 4.48. The van der Waals surface area contributed by atoms with Gasteiger partial charge < -0.3 is 5.32 Å². The van der Waals surface area contributed by atoms with E-state index in [4.69, 9.17) is 4.18 Å². The summed E-state index contributed by atoms with van der Waals surface area (Å²) in [5.74, 6) is 0.809. The average molecular weight is 249 g/mol. The lowest BCUT2D eigenvalue weighted by Crippen LogP contribution is -2.26. The summed E-state index contributed by atoms with van der Waals surface area (Å²) in [6.45, 7) is 2.66. The van der Waals surface area contributed by atoms with Crippen molar-refractivity contribution >= 4 is 10.1 Å². The molecule has 0 unspecified atom stereocenters. The van der Waals surface area contributed by atoms with Crippen LogP contribution in [0.15, 0.2) is 0 Å². The van der Waals surface area contributed by atoms with Crippen LogP contribution in [0.3, 0.4) is 0 Å². The molecular formula is C11H23NO3S. The Kier molecular flexibility index (Phi) is 5.72. The Balaban J connectivity index is 2.27. The van der Waals surface area contributed by atoms with Crippen LogP contribution in [0.4, 0.5) is 0 Å². The lowest BCUT2D eigenvalue weighted by atomic mass is 9.85. The van der Waals surface area contributed by atoms with Crippen LogP contribution in [0.25, 0.3) is 0 Å². The average Bonchev–Trinajstić information content (AvgIpc) is 2.28. The van der Waals surface area contributed by atoms with Crippen LogP contribution in [0.2, 0.25) is 0 Å². The maximum absolute atomic E-state index is 11.3. The molecule has 0 amide bonds. The van der Waals surface area contributed by atoms with E-state index in [-0.39, 0.29) is 11.9 Å². The van der Waals surface area contributed by atoms with Crippen molar-refractivity contribution in [1.82, 2.24) is 5.32 Å². The van der Waals surface area contributed by atoms with Crippen LogP contribution >= 0.6 is 0 Å². The van der Waals surface area contributed by atoms with Gasteiger partial charge in [0.15, 0.2) is 0 Å². The highest BCUT2D eigenvalue weighted by molar-refractivity contribution is 7.86. The predicted octanol–water partition coefficient (Wildman–Crippen LogP) is 1.52. The van der Waals surface area contributed by atoms with Crippen molar-refractivity contribution in [3.8, 4) is 0 Å². The van der Waals surface area contributed by atoms with Gasteiger partial charge in [0.2, 0.25) is 0 Å². The van der Waals surface area contributed by atoms with Crippen molar-refractivity contribution < 1.29 is 12.6 Å². The largest absolute Gasteiger partial charge is 0.320 e. The molecule has 0 radical (unpaired) electrons. The van der Waals surface area contributed by atoms with Crippen LogP contribution in [-0.2, 0) is 14.3 Å². The SMILES string of the molecule is CCS(=O)(=O)OC1CCC(CCNC)CC1. The molecule has 0 atom stereocenters. The Labute approximate surface area is 98.9 Å². The van der Waals surface area contributed by atoms with Crippen molar-refractivity contribution in [3.63, 3.8) is 0 Å². The fourth-order valence-corrected chi connectivity index (χ4v) is 2.88. The zero-order valence-electron chi connectivity index (χ0n) is 10.2. The molecule has 1 rings (SSSR count). The summed E-state index contributed by atoms with van der Waals surface area (Å²) in [5.41, 5.74) is 0. The number of hydrogen-bond acceptors (Lipinski definition) is 4. The first kappa shape index (κ1) is 13.9. The molecule has 0 saturated heterocycles. The van der Waals surface area contributed by atoms with Crippen molar-refractivity contribution in [2.75, 3.05) is 19.3 Å². The maximum atomic E-state index is 11.3. The minimum atomic E-state index is -3.27. The first-order valence-electron chi connectivity index (χ1n) is 6.13. The molecular weight excluding hydrogens is 226 g/mol. The third-order valence-corrected chi connectivity index (χ3v) is 4.51. The molecule has 1 saturated carbocycles. The Morgan fingerprint density at radius 2 is 1.88 bits per heavy atom. The van der Waals surface area contributed by atoms with E-state index in [0.29, 0.717) is 0 Å². The minimum absolute atomic E-state index is 0.0733. The Hall–Kier alpha value is -0.130. The van der Waals surface area contributed by atoms with E-state index in [0.717, 1.165) is 38.1 Å². The van der Waals surface area contributed by atoms with Crippen LogP contribution in [0.5, 0.6) is 0 Å². The van der Waals surface area contributed by atoms with E-state index in [2.05, 4.69) is 5.32 Å². The van der Waals surface area contributed by atoms with Crippen molar-refractivity contribution in [3.05, 3.63) is 0 Å². The molecule has 0 spiro atoms. The van der Waals surface area contributed by atoms with Crippen molar-refractivity contribution in [1.29, 1.82) is 0 Å². The van der Waals surface area contributed by atoms with Crippen LogP contribution < -0.4 is 5.32 Å². The summed E-state index contributed by atoms with van der Waals surface area (Å²) in [4.78, 5) is 0. The molecule has 0 aliphatic heterocycles. The molecule has 0 aromatic carbocycles. The molecule has 1 fully saturated rings. The molecule has 1 aliphatic carbocycles. The molecule has 0 bridgehead atoms. The van der Waals surface area contributed by atoms with E-state index in [9.17, 15) is 8.42 Å². The first-order chi connectivity index (χ1) is 7.57. The molecule has 5 heteroatoms. The third kappa shape index (κ3) is 4.80. The van der Waals surface area contributed by atoms with Gasteiger partial charge >= 0.3 is 0 Å². The van der Waals surface area contributed by atoms with Gasteiger partial charge in [0.25, 0.3) is 10.1 Å². The third-order valence-electron chi connectivity index (χ3n) is 3.23. The fraction of sp³-hybridized carbons (Fsp3) is 1.00. The normalized spacial score (nSPS) is 26.9. The summed E-state index contributed by atoms with van der Waals surface area (Å²) in [5, 5.41) is 3.15. The second kappa shape index (κ2) is 6.57. The second-order valence-corrected chi connectivity index (χ2v) is 6.36. The zero-order valence-corrected chi connectivity index (χ0v) is 11.1. The predicted molar refractivity (Wildman–Crippen MR) is 64.8 cm³/mol. The lowest BCUT2D eigenvalue weighted by Gasteiger charge is -2.27. The summed E-state index contributed by atoms with van der Waals surface area (Å²) in [6.07, 6.45) is 5.05. The van der Waals surface area contributed by atoms with E-state index >= 15 is 0 Å². The Morgan fingerprint density at radius 3 is 2.38 bits per heavy atom. The summed E-state index contributed by atoms with van der Waals surface area (Å²) in [7, 11) is -1.31. The molecule has 0 aromatic rings. The van der Waals surface area contributed by atoms with Crippen LogP contribution in [0.1, 0.15) is 39.0 Å². The summed E-state index contributed by atoms with van der Waals surface area (Å²) in [6, 6.07) is 0. The van der Waals surface area contributed by atoms with Gasteiger partial charge in [-0.1, -0.05) is 0 Å². The molecule has 1 N–H and O–H groups in total. The van der Waals surface area contributed by atoms with Crippen molar-refractivity contribution in [2.45, 2.75) is 45.1 Å². The van der Waals surface area contributed by atoms with Gasteiger partial charge in [-0.25, -0.2) is 0 Å². The van der Waals surface area contributed by atoms with E-state index < -0.39 is 10.1 Å². The summed E-state index contributed by atoms with van der Waals surface area (Å²) >= 11 is 0. The molecule has 16 heavy (non-hydrogen) atoms. The van der Waals surface area contributed by atoms with Gasteiger partial charge in [0.1, 0.15) is 0 Å². The van der Waals surface area contributed by atoms with Gasteiger partial charge in [-0.05, 0) is 58.5 Å². The van der Waals surface area contributed by atoms with Crippen molar-refractivity contribution in [2.24, 2.45) is 5.92 Å². The van der Waals surface area contributed by atoms with Gasteiger partial charge in [0, 0.05) is 0 Å². The van der Waals surface area contributed by atoms with Gasteiger partial charge in [-0.15, -0.1) is 0 Å². The minimum Gasteiger partial charge on any atom is -0.320 e. The highest BCUT2D eigenvalue weighted by atomic mass is 32.2. The monoisotopic (exact) mass is 249 g/mol. The number of nitrogens with one attached hydrogen (secondary N) is 1. The molecule has 1 aliphatic rings. The summed E-state index contributed by atoms with van der Waals surface area (Å²) < 4.78 is 27.7. The lowest BCUT2D eigenvalue weighted by molar-refractivity contribution is 0.135. The van der Waals surface area contributed by atoms with E-state index in [1.54, 1.807) is 6.92 Å². The van der Waals surface area contributed by atoms with Crippen LogP contribution in [-0.4, -0.2) is 33.9 Å². The van der Waals surface area contributed by atoms with E-state index in [1.165, 1.54) is 6.42 Å². The quantitative estimate of drug-likeness (QED) is 0.725. The highest BCUT2D eigenvalue weighted by Crippen LogP contribution is 2.29. The molecule has 0 heterocycles. The number of hydrogen-bond donors (Lipinski definition) is 1. The molecule has 96 valence electrons. The zero-order chi connectivity index (χ0) is 12.0. The Morgan fingerprint density at radius 1 is 1.25 bits per heavy atom. The maximum Gasteiger partial charge on any atom is 0.267 e. The number of rotatable bonds is 6. The van der Waals surface area contributed by atoms with Gasteiger partial charge in [-0.3, -0.25) is 4.18 Å². The van der Waals surface area contributed by atoms with Crippen LogP contribution in [0, 0.1) is 5.92 Å². The van der Waals surface area contributed by atoms with Gasteiger partial charge in [0.05, 0.1) is 11.9 Å². The smallest absolute Gasteiger partial charge is 0.267 e. The topological polar surface area (TPSA) is 55.4 Å². The van der Waals surface area contributed by atoms with Gasteiger partial charge in [-0.2, -0.15) is 8.42 Å². The van der Waals surface area contributed by atoms with E-state index in [1.807, 2.05) is 7.05 Å². The first-order valence-corrected chi connectivity index (χ1v) is 7.70. The molecule has 4 nitrogen and oxygen atoms in total. The standard InChI is InChI=1S/C11H23NO3S/c1-3-16(13,14)15-11-6-4-10(5-7-11)8-9-12-2/h10-12H,3-9H2,1-2H3. The fourth-order valence-electron chi connectivity index (χ4n) is 2.14. The Bertz CT molecular complexity index is 282.